The summed E-state index contributed by atoms with van der Waals surface area (Å²) in [5.74, 6) is -0.525. The molecular weight excluding hydrogens is 188 g/mol. The third-order valence-electron chi connectivity index (χ3n) is 1.47. The van der Waals surface area contributed by atoms with Gasteiger partial charge in [-0.1, -0.05) is 19.0 Å². The molecule has 0 heterocycles. The molecule has 1 amide bonds. The van der Waals surface area contributed by atoms with Gasteiger partial charge in [-0.2, -0.15) is 0 Å². The van der Waals surface area contributed by atoms with Gasteiger partial charge in [0.05, 0.1) is 5.92 Å². The lowest BCUT2D eigenvalue weighted by Gasteiger charge is -2.12. The molecule has 0 aliphatic heterocycles. The van der Waals surface area contributed by atoms with Gasteiger partial charge in [-0.05, 0) is 6.92 Å². The molecule has 1 unspecified atom stereocenters. The van der Waals surface area contributed by atoms with E-state index in [1.807, 2.05) is 13.8 Å². The predicted octanol–water partition coefficient (Wildman–Crippen LogP) is 1.30. The first-order valence-electron chi connectivity index (χ1n) is 4.13. The zero-order valence-corrected chi connectivity index (χ0v) is 9.18. The fourth-order valence-electron chi connectivity index (χ4n) is 0.782. The van der Waals surface area contributed by atoms with Crippen LogP contribution in [0.25, 0.3) is 0 Å². The minimum Gasteiger partial charge on any atom is -0.410 e. The monoisotopic (exact) mass is 204 g/mol. The smallest absolute Gasteiger partial charge is 0.229 e. The van der Waals surface area contributed by atoms with Crippen molar-refractivity contribution in [2.75, 3.05) is 7.05 Å². The molecule has 0 bridgehead atoms. The van der Waals surface area contributed by atoms with Crippen LogP contribution in [0.3, 0.4) is 0 Å². The van der Waals surface area contributed by atoms with E-state index in [-0.39, 0.29) is 11.8 Å². The first kappa shape index (κ1) is 12.3. The Kier molecular flexibility index (Phi) is 5.53. The van der Waals surface area contributed by atoms with Crippen LogP contribution in [-0.2, 0) is 4.79 Å². The highest BCUT2D eigenvalue weighted by atomic mass is 32.2. The highest BCUT2D eigenvalue weighted by Crippen LogP contribution is 2.18. The van der Waals surface area contributed by atoms with Gasteiger partial charge in [0, 0.05) is 12.3 Å². The van der Waals surface area contributed by atoms with Crippen molar-refractivity contribution in [3.63, 3.8) is 0 Å². The van der Waals surface area contributed by atoms with Crippen LogP contribution in [0.5, 0.6) is 0 Å². The Hall–Kier alpha value is -0.710. The lowest BCUT2D eigenvalue weighted by atomic mass is 10.2. The van der Waals surface area contributed by atoms with E-state index in [9.17, 15) is 4.79 Å². The van der Waals surface area contributed by atoms with Gasteiger partial charge in [-0.25, -0.2) is 0 Å². The second-order valence-electron chi connectivity index (χ2n) is 2.94. The summed E-state index contributed by atoms with van der Waals surface area (Å²) < 4.78 is 0. The molecule has 0 saturated carbocycles. The summed E-state index contributed by atoms with van der Waals surface area (Å²) in [4.78, 5) is 11.2. The fraction of sp³-hybridized carbons (Fsp3) is 0.750. The number of carbonyl (C=O) groups excluding carboxylic acids is 1. The number of nitrogens with zero attached hydrogens (tertiary/aromatic N) is 1. The first-order valence-corrected chi connectivity index (χ1v) is 5.01. The van der Waals surface area contributed by atoms with Crippen molar-refractivity contribution < 1.29 is 10.0 Å². The molecule has 0 aromatic heterocycles. The minimum atomic E-state index is -0.387. The van der Waals surface area contributed by atoms with Crippen LogP contribution in [-0.4, -0.2) is 28.5 Å². The number of carbonyl (C=O) groups is 1. The Labute approximate surface area is 82.8 Å². The molecule has 2 N–H and O–H groups in total. The summed E-state index contributed by atoms with van der Waals surface area (Å²) >= 11 is 1.39. The normalized spacial score (nSPS) is 14.4. The second kappa shape index (κ2) is 5.85. The molecule has 0 radical (unpaired) electrons. The Morgan fingerprint density at radius 2 is 2.00 bits per heavy atom. The molecule has 5 heteroatoms. The molecule has 0 aliphatic carbocycles. The Balaban J connectivity index is 4.33. The molecular formula is C8H16N2O2S. The number of amides is 1. The fourth-order valence-corrected chi connectivity index (χ4v) is 1.62. The molecule has 4 nitrogen and oxygen atoms in total. The van der Waals surface area contributed by atoms with E-state index >= 15 is 0 Å². The van der Waals surface area contributed by atoms with Crippen LogP contribution in [0.15, 0.2) is 5.16 Å². The molecule has 76 valence electrons. The summed E-state index contributed by atoms with van der Waals surface area (Å²) in [6.45, 7) is 5.67. The lowest BCUT2D eigenvalue weighted by molar-refractivity contribution is -0.122. The van der Waals surface area contributed by atoms with E-state index in [4.69, 9.17) is 5.21 Å². The summed E-state index contributed by atoms with van der Waals surface area (Å²) in [5.41, 5.74) is 0. The number of hydrogen-bond acceptors (Lipinski definition) is 4. The maximum Gasteiger partial charge on any atom is 0.229 e. The average Bonchev–Trinajstić information content (AvgIpc) is 2.11. The minimum absolute atomic E-state index is 0.138. The van der Waals surface area contributed by atoms with Gasteiger partial charge in [-0.3, -0.25) is 4.79 Å². The summed E-state index contributed by atoms with van der Waals surface area (Å²) in [7, 11) is 1.56. The molecule has 0 saturated heterocycles. The average molecular weight is 204 g/mol. The number of nitrogens with one attached hydrogen (secondary N) is 1. The van der Waals surface area contributed by atoms with Crippen LogP contribution >= 0.6 is 11.8 Å². The number of hydrogen-bond donors (Lipinski definition) is 2. The first-order chi connectivity index (χ1) is 6.02. The van der Waals surface area contributed by atoms with Gasteiger partial charge in [0.1, 0.15) is 5.04 Å². The van der Waals surface area contributed by atoms with Crippen molar-refractivity contribution in [3.8, 4) is 0 Å². The summed E-state index contributed by atoms with van der Waals surface area (Å²) in [6.07, 6.45) is 0. The van der Waals surface area contributed by atoms with Gasteiger partial charge >= 0.3 is 0 Å². The SMILES string of the molecule is CNC(=O)C(C)/C(=N\O)SC(C)C. The van der Waals surface area contributed by atoms with Crippen LogP contribution in [0.4, 0.5) is 0 Å². The predicted molar refractivity (Wildman–Crippen MR) is 55.2 cm³/mol. The molecule has 13 heavy (non-hydrogen) atoms. The van der Waals surface area contributed by atoms with Crippen LogP contribution < -0.4 is 5.32 Å². The van der Waals surface area contributed by atoms with E-state index in [0.717, 1.165) is 0 Å². The van der Waals surface area contributed by atoms with Crippen molar-refractivity contribution in [3.05, 3.63) is 0 Å². The van der Waals surface area contributed by atoms with Gasteiger partial charge < -0.3 is 10.5 Å². The number of oxime groups is 1. The highest BCUT2D eigenvalue weighted by Gasteiger charge is 2.20. The maximum absolute atomic E-state index is 11.2. The zero-order chi connectivity index (χ0) is 10.4. The van der Waals surface area contributed by atoms with E-state index in [1.165, 1.54) is 11.8 Å². The Bertz CT molecular complexity index is 204. The molecule has 0 spiro atoms. The third kappa shape index (κ3) is 4.17. The third-order valence-corrected chi connectivity index (χ3v) is 2.61. The summed E-state index contributed by atoms with van der Waals surface area (Å²) in [5, 5.41) is 15.1. The van der Waals surface area contributed by atoms with E-state index < -0.39 is 0 Å². The molecule has 0 aromatic rings. The van der Waals surface area contributed by atoms with Crippen molar-refractivity contribution >= 4 is 22.7 Å². The van der Waals surface area contributed by atoms with Crippen molar-refractivity contribution in [1.82, 2.24) is 5.32 Å². The quantitative estimate of drug-likeness (QED) is 0.315. The van der Waals surface area contributed by atoms with Crippen molar-refractivity contribution in [2.24, 2.45) is 11.1 Å². The lowest BCUT2D eigenvalue weighted by Crippen LogP contribution is -2.30. The molecule has 0 fully saturated rings. The topological polar surface area (TPSA) is 61.7 Å². The molecule has 0 aliphatic rings. The largest absolute Gasteiger partial charge is 0.410 e. The van der Waals surface area contributed by atoms with Gasteiger partial charge in [0.2, 0.25) is 5.91 Å². The van der Waals surface area contributed by atoms with E-state index in [0.29, 0.717) is 10.3 Å². The Morgan fingerprint density at radius 3 is 2.31 bits per heavy atom. The summed E-state index contributed by atoms with van der Waals surface area (Å²) in [6, 6.07) is 0. The van der Waals surface area contributed by atoms with E-state index in [2.05, 4.69) is 10.5 Å². The zero-order valence-electron chi connectivity index (χ0n) is 8.37. The van der Waals surface area contributed by atoms with E-state index in [1.54, 1.807) is 14.0 Å². The molecule has 0 aromatic carbocycles. The van der Waals surface area contributed by atoms with Crippen molar-refractivity contribution in [1.29, 1.82) is 0 Å². The van der Waals surface area contributed by atoms with Gasteiger partial charge in [0.25, 0.3) is 0 Å². The van der Waals surface area contributed by atoms with Crippen LogP contribution in [0.1, 0.15) is 20.8 Å². The number of thioether (sulfide) groups is 1. The maximum atomic E-state index is 11.2. The van der Waals surface area contributed by atoms with Gasteiger partial charge in [0.15, 0.2) is 0 Å². The van der Waals surface area contributed by atoms with Crippen LogP contribution in [0, 0.1) is 5.92 Å². The van der Waals surface area contributed by atoms with Crippen LogP contribution in [0.2, 0.25) is 0 Å². The van der Waals surface area contributed by atoms with Crippen molar-refractivity contribution in [2.45, 2.75) is 26.0 Å². The standard InChI is InChI=1S/C8H16N2O2S/c1-5(2)13-8(10-12)6(3)7(11)9-4/h5-6,12H,1-4H3,(H,9,11)/b10-8+. The highest BCUT2D eigenvalue weighted by molar-refractivity contribution is 8.14. The molecule has 1 atom stereocenters. The number of rotatable bonds is 3. The van der Waals surface area contributed by atoms with Gasteiger partial charge in [-0.15, -0.1) is 11.8 Å². The second-order valence-corrected chi connectivity index (χ2v) is 4.54. The molecule has 0 rings (SSSR count). The Morgan fingerprint density at radius 1 is 1.46 bits per heavy atom.